The first kappa shape index (κ1) is 20.6. The molecule has 1 aliphatic heterocycles. The quantitative estimate of drug-likeness (QED) is 0.547. The van der Waals surface area contributed by atoms with Gasteiger partial charge in [0, 0.05) is 25.5 Å². The Balaban J connectivity index is 1.76. The molecule has 0 bridgehead atoms. The number of hydrogen-bond acceptors (Lipinski definition) is 8. The largest absolute Gasteiger partial charge is 0.405 e. The third-order valence-corrected chi connectivity index (χ3v) is 4.12. The van der Waals surface area contributed by atoms with E-state index in [0.717, 1.165) is 18.4 Å². The van der Waals surface area contributed by atoms with E-state index in [1.54, 1.807) is 24.5 Å². The molecular weight excluding hydrogens is 389 g/mol. The fraction of sp³-hybridized carbons (Fsp3) is 0.471. The molecule has 3 rings (SSSR count). The number of halogens is 3. The molecule has 0 aromatic carbocycles. The molecule has 2 aromatic rings. The van der Waals surface area contributed by atoms with Crippen LogP contribution in [0.1, 0.15) is 24.8 Å². The molecule has 1 amide bonds. The van der Waals surface area contributed by atoms with Crippen molar-refractivity contribution in [3.63, 3.8) is 0 Å². The number of nitrogens with zero attached hydrogens (tertiary/aromatic N) is 4. The monoisotopic (exact) mass is 410 g/mol. The van der Waals surface area contributed by atoms with Crippen molar-refractivity contribution < 1.29 is 18.0 Å². The lowest BCUT2D eigenvalue weighted by Crippen LogP contribution is -2.38. The van der Waals surface area contributed by atoms with Crippen LogP contribution >= 0.6 is 0 Å². The number of nitrogens with one attached hydrogen (secondary N) is 4. The van der Waals surface area contributed by atoms with Crippen LogP contribution in [0.3, 0.4) is 0 Å². The molecule has 29 heavy (non-hydrogen) atoms. The predicted octanol–water partition coefficient (Wildman–Crippen LogP) is 1.93. The van der Waals surface area contributed by atoms with Gasteiger partial charge in [-0.2, -0.15) is 28.1 Å². The van der Waals surface area contributed by atoms with Gasteiger partial charge in [-0.1, -0.05) is 0 Å². The average Bonchev–Trinajstić information content (AvgIpc) is 2.89. The highest BCUT2D eigenvalue weighted by Gasteiger charge is 2.27. The Labute approximate surface area is 165 Å². The summed E-state index contributed by atoms with van der Waals surface area (Å²) in [7, 11) is 0. The van der Waals surface area contributed by atoms with Gasteiger partial charge in [0.05, 0.1) is 0 Å². The van der Waals surface area contributed by atoms with Crippen molar-refractivity contribution in [2.45, 2.75) is 38.0 Å². The summed E-state index contributed by atoms with van der Waals surface area (Å²) in [5.41, 5.74) is 0.892. The first-order valence-electron chi connectivity index (χ1n) is 9.13. The first-order chi connectivity index (χ1) is 13.9. The summed E-state index contributed by atoms with van der Waals surface area (Å²) >= 11 is 0. The van der Waals surface area contributed by atoms with E-state index in [1.807, 2.05) is 0 Å². The Morgan fingerprint density at radius 3 is 2.45 bits per heavy atom. The van der Waals surface area contributed by atoms with Gasteiger partial charge in [0.25, 0.3) is 0 Å². The van der Waals surface area contributed by atoms with E-state index in [9.17, 15) is 18.0 Å². The normalized spacial score (nSPS) is 17.2. The minimum Gasteiger partial charge on any atom is -0.354 e. The van der Waals surface area contributed by atoms with Crippen LogP contribution in [-0.4, -0.2) is 51.2 Å². The summed E-state index contributed by atoms with van der Waals surface area (Å²) in [5.74, 6) is -0.341. The molecule has 4 N–H and O–H groups in total. The maximum atomic E-state index is 12.6. The summed E-state index contributed by atoms with van der Waals surface area (Å²) < 4.78 is 37.7. The molecule has 1 aliphatic rings. The summed E-state index contributed by atoms with van der Waals surface area (Å²) in [6.45, 7) is -0.357. The van der Waals surface area contributed by atoms with Crippen molar-refractivity contribution in [1.82, 2.24) is 25.3 Å². The van der Waals surface area contributed by atoms with Gasteiger partial charge >= 0.3 is 6.18 Å². The number of aromatic nitrogens is 4. The van der Waals surface area contributed by atoms with Crippen molar-refractivity contribution in [3.05, 3.63) is 30.1 Å². The second kappa shape index (κ2) is 9.34. The second-order valence-electron chi connectivity index (χ2n) is 6.47. The number of amides is 1. The minimum atomic E-state index is -4.42. The van der Waals surface area contributed by atoms with Crippen molar-refractivity contribution in [3.8, 4) is 0 Å². The van der Waals surface area contributed by atoms with Crippen LogP contribution in [0.25, 0.3) is 0 Å². The van der Waals surface area contributed by atoms with E-state index >= 15 is 0 Å². The second-order valence-corrected chi connectivity index (χ2v) is 6.47. The Morgan fingerprint density at radius 1 is 1.03 bits per heavy atom. The summed E-state index contributed by atoms with van der Waals surface area (Å²) in [4.78, 5) is 28.2. The third kappa shape index (κ3) is 6.73. The lowest BCUT2D eigenvalue weighted by molar-refractivity contribution is -0.121. The number of rotatable bonds is 7. The van der Waals surface area contributed by atoms with Gasteiger partial charge in [0.1, 0.15) is 12.6 Å². The fourth-order valence-electron chi connectivity index (χ4n) is 2.69. The number of anilines is 3. The molecule has 156 valence electrons. The van der Waals surface area contributed by atoms with Crippen LogP contribution in [0.5, 0.6) is 0 Å². The lowest BCUT2D eigenvalue weighted by Gasteiger charge is -2.17. The van der Waals surface area contributed by atoms with Crippen molar-refractivity contribution in [1.29, 1.82) is 0 Å². The van der Waals surface area contributed by atoms with Gasteiger partial charge in [-0.3, -0.25) is 9.78 Å². The minimum absolute atomic E-state index is 0.0175. The molecule has 1 fully saturated rings. The van der Waals surface area contributed by atoms with E-state index in [0.29, 0.717) is 19.5 Å². The summed E-state index contributed by atoms with van der Waals surface area (Å²) in [6, 6.07) is 3.00. The molecule has 9 nitrogen and oxygen atoms in total. The summed E-state index contributed by atoms with van der Waals surface area (Å²) in [6.07, 6.45) is 1.08. The highest BCUT2D eigenvalue weighted by atomic mass is 19.4. The van der Waals surface area contributed by atoms with Gasteiger partial charge in [0.2, 0.25) is 23.8 Å². The van der Waals surface area contributed by atoms with Gasteiger partial charge < -0.3 is 21.3 Å². The number of hydrogen-bond donors (Lipinski definition) is 4. The maximum absolute atomic E-state index is 12.6. The van der Waals surface area contributed by atoms with Crippen LogP contribution in [0.4, 0.5) is 31.0 Å². The molecule has 0 aliphatic carbocycles. The van der Waals surface area contributed by atoms with E-state index in [-0.39, 0.29) is 23.8 Å². The maximum Gasteiger partial charge on any atom is 0.405 e. The molecule has 1 saturated heterocycles. The summed E-state index contributed by atoms with van der Waals surface area (Å²) in [5, 5.41) is 10.8. The molecule has 0 saturated carbocycles. The topological polar surface area (TPSA) is 117 Å². The zero-order chi connectivity index (χ0) is 20.7. The standard InChI is InChI=1S/C17H21F3N8O/c18-17(19,20)10-24-15-26-14(23-9-11-4-7-21-8-5-11)27-16(28-15)25-12-3-1-2-6-22-13(12)29/h4-5,7-8,12H,1-3,6,9-10H2,(H,22,29)(H3,23,24,25,26,27,28). The van der Waals surface area contributed by atoms with Gasteiger partial charge in [-0.25, -0.2) is 0 Å². The number of alkyl halides is 3. The molecule has 1 atom stereocenters. The number of carbonyl (C=O) groups excluding carboxylic acids is 1. The number of carbonyl (C=O) groups is 1. The number of pyridine rings is 1. The van der Waals surface area contributed by atoms with Crippen LogP contribution < -0.4 is 21.3 Å². The van der Waals surface area contributed by atoms with Crippen molar-refractivity contribution >= 4 is 23.8 Å². The lowest BCUT2D eigenvalue weighted by atomic mass is 10.1. The van der Waals surface area contributed by atoms with E-state index in [4.69, 9.17) is 0 Å². The van der Waals surface area contributed by atoms with Crippen molar-refractivity contribution in [2.75, 3.05) is 29.0 Å². The Bertz CT molecular complexity index is 818. The fourth-order valence-corrected chi connectivity index (χ4v) is 2.69. The highest BCUT2D eigenvalue weighted by molar-refractivity contribution is 5.84. The molecule has 2 aromatic heterocycles. The third-order valence-electron chi connectivity index (χ3n) is 4.12. The Morgan fingerprint density at radius 2 is 1.72 bits per heavy atom. The molecule has 0 radical (unpaired) electrons. The molecule has 0 spiro atoms. The average molecular weight is 410 g/mol. The molecule has 1 unspecified atom stereocenters. The Kier molecular flexibility index (Phi) is 6.62. The molecular formula is C17H21F3N8O. The SMILES string of the molecule is O=C1NCCCCC1Nc1nc(NCc2ccncc2)nc(NCC(F)(F)F)n1. The first-order valence-corrected chi connectivity index (χ1v) is 9.13. The zero-order valence-electron chi connectivity index (χ0n) is 15.5. The van der Waals surface area contributed by atoms with Gasteiger partial charge in [-0.15, -0.1) is 0 Å². The van der Waals surface area contributed by atoms with Gasteiger partial charge in [-0.05, 0) is 37.0 Å². The van der Waals surface area contributed by atoms with Crippen LogP contribution in [0.15, 0.2) is 24.5 Å². The highest BCUT2D eigenvalue weighted by Crippen LogP contribution is 2.18. The van der Waals surface area contributed by atoms with Crippen LogP contribution in [0.2, 0.25) is 0 Å². The van der Waals surface area contributed by atoms with E-state index < -0.39 is 18.8 Å². The van der Waals surface area contributed by atoms with Crippen molar-refractivity contribution in [2.24, 2.45) is 0 Å². The zero-order valence-corrected chi connectivity index (χ0v) is 15.5. The van der Waals surface area contributed by atoms with Gasteiger partial charge in [0.15, 0.2) is 0 Å². The van der Waals surface area contributed by atoms with Crippen LogP contribution in [0, 0.1) is 0 Å². The smallest absolute Gasteiger partial charge is 0.354 e. The molecule has 3 heterocycles. The Hall–Kier alpha value is -3.18. The predicted molar refractivity (Wildman–Crippen MR) is 100 cm³/mol. The van der Waals surface area contributed by atoms with E-state index in [1.165, 1.54) is 0 Å². The van der Waals surface area contributed by atoms with E-state index in [2.05, 4.69) is 41.2 Å². The van der Waals surface area contributed by atoms with Crippen LogP contribution in [-0.2, 0) is 11.3 Å². The molecule has 12 heteroatoms.